The summed E-state index contributed by atoms with van der Waals surface area (Å²) in [6.07, 6.45) is 9.13. The van der Waals surface area contributed by atoms with Crippen LogP contribution in [0.25, 0.3) is 37.5 Å². The van der Waals surface area contributed by atoms with Gasteiger partial charge in [0, 0.05) is 73.3 Å². The van der Waals surface area contributed by atoms with Crippen LogP contribution in [0.4, 0.5) is 27.8 Å². The number of nitrogens with two attached hydrogens (primary N) is 1. The summed E-state index contributed by atoms with van der Waals surface area (Å²) < 4.78 is 14.5. The number of anilines is 4. The Hall–Kier alpha value is -6.66. The molecule has 0 bridgehead atoms. The molecule has 5 aromatic heterocycles. The predicted molar refractivity (Wildman–Crippen MR) is 346 cm³/mol. The van der Waals surface area contributed by atoms with E-state index in [1.807, 2.05) is 120 Å². The Kier molecular flexibility index (Phi) is 28.4. The normalized spacial score (nSPS) is 12.7. The first-order valence-corrected chi connectivity index (χ1v) is 27.6. The van der Waals surface area contributed by atoms with Crippen molar-refractivity contribution in [3.8, 4) is 0 Å². The number of benzene rings is 4. The highest BCUT2D eigenvalue weighted by Gasteiger charge is 2.20. The maximum absolute atomic E-state index is 12.2. The van der Waals surface area contributed by atoms with E-state index < -0.39 is 17.7 Å². The number of Topliss-reactive ketones (excluding diaryl/α,β-unsaturated/α-hetero) is 1. The number of aromatic nitrogens is 7. The van der Waals surface area contributed by atoms with E-state index in [-0.39, 0.29) is 38.6 Å². The molecule has 24 heteroatoms. The summed E-state index contributed by atoms with van der Waals surface area (Å²) >= 11 is 25.5. The smallest absolute Gasteiger partial charge is 0.435 e. The van der Waals surface area contributed by atoms with Crippen molar-refractivity contribution in [2.24, 2.45) is 10.7 Å². The molecule has 82 heavy (non-hydrogen) atoms. The highest BCUT2D eigenvalue weighted by molar-refractivity contribution is 9.10. The average Bonchev–Trinajstić information content (AvgIpc) is 4.42. The molecule has 1 saturated heterocycles. The standard InChI is InChI=1S/C16H16ClN5O2.C14H10Cl2N4.C10H8BrNO.C9H5BrO2S.C4H9NO.C2H7N.3CH4/c1-16(2,3)24-15(23)22-12-5-4-11(8-10(12)9-19-22)20-13-6-7-18-14(17)21-13;15-12-8-18-14(16)20-13(12)19-11-3-1-9(2-4-11)10-5-6-17-7-10;1-6(13)9-4-7-2-3-8(11)5-10(7)12-9;10-6-2-1-5-3-8(9(11)12)13-7(5)4-6;5-4-1-2-6-3-4;1-3-2;;;/h4-9H,1-3H3,(H,18,20,21);1-5,7-8H,6H2,(H,18,19,20);2-5,12H,1H3;1-4H,(H,11,12);4H,1-3,5H2;3H,1-2H3;3*1H4. The topological polar surface area (TPSA) is 250 Å². The summed E-state index contributed by atoms with van der Waals surface area (Å²) in [4.78, 5) is 57.3. The number of carbonyl (C=O) groups excluding carboxylic acids is 2. The first kappa shape index (κ1) is 69.6. The molecule has 0 radical (unpaired) electrons. The van der Waals surface area contributed by atoms with Crippen molar-refractivity contribution < 1.29 is 29.0 Å². The molecular weight excluding hydrogens is 1260 g/mol. The third-order valence-corrected chi connectivity index (χ3v) is 13.2. The number of carbonyl (C=O) groups is 3. The number of H-pyrrole nitrogens is 1. The van der Waals surface area contributed by atoms with Gasteiger partial charge in [-0.25, -0.2) is 24.5 Å². The number of hydrogen-bond acceptors (Lipinski definition) is 16. The van der Waals surface area contributed by atoms with E-state index in [1.54, 1.807) is 37.5 Å². The van der Waals surface area contributed by atoms with Gasteiger partial charge in [0.15, 0.2) is 11.6 Å². The van der Waals surface area contributed by atoms with Gasteiger partial charge in [-0.1, -0.05) is 96.1 Å². The second kappa shape index (κ2) is 33.4. The van der Waals surface area contributed by atoms with Crippen LogP contribution in [0.15, 0.2) is 136 Å². The number of halogens is 5. The molecule has 0 amide bonds. The van der Waals surface area contributed by atoms with Crippen molar-refractivity contribution >= 4 is 163 Å². The lowest BCUT2D eigenvalue weighted by atomic mass is 10.1. The number of rotatable bonds is 7. The minimum absolute atomic E-state index is 0. The Morgan fingerprint density at radius 2 is 1.50 bits per heavy atom. The van der Waals surface area contributed by atoms with Crippen molar-refractivity contribution in [2.45, 2.75) is 68.0 Å². The number of allylic oxidation sites excluding steroid dienone is 1. The Morgan fingerprint density at radius 1 is 0.829 bits per heavy atom. The van der Waals surface area contributed by atoms with Gasteiger partial charge in [-0.15, -0.1) is 11.3 Å². The van der Waals surface area contributed by atoms with Crippen LogP contribution < -0.4 is 21.7 Å². The molecule has 1 atom stereocenters. The molecule has 436 valence electrons. The zero-order valence-corrected chi connectivity index (χ0v) is 49.8. The van der Waals surface area contributed by atoms with Gasteiger partial charge in [0.25, 0.3) is 0 Å². The monoisotopic (exact) mass is 1320 g/mol. The zero-order valence-electron chi connectivity index (χ0n) is 43.5. The maximum atomic E-state index is 12.2. The summed E-state index contributed by atoms with van der Waals surface area (Å²) in [5.74, 6) is 0.264. The van der Waals surface area contributed by atoms with Gasteiger partial charge in [0.1, 0.15) is 21.3 Å². The Labute approximate surface area is 513 Å². The number of thiophene rings is 1. The fraction of sp³-hybridized carbons (Fsp3) is 0.259. The fourth-order valence-corrected chi connectivity index (χ4v) is 9.16. The molecule has 2 aliphatic heterocycles. The molecule has 18 nitrogen and oxygen atoms in total. The summed E-state index contributed by atoms with van der Waals surface area (Å²) in [5.41, 5.74) is 11.1. The Balaban J connectivity index is 0.000000276. The minimum Gasteiger partial charge on any atom is -0.477 e. The van der Waals surface area contributed by atoms with Crippen LogP contribution in [-0.2, 0) is 9.47 Å². The second-order valence-electron chi connectivity index (χ2n) is 18.0. The van der Waals surface area contributed by atoms with Crippen molar-refractivity contribution in [3.05, 3.63) is 162 Å². The molecule has 7 N–H and O–H groups in total. The Morgan fingerprint density at radius 3 is 2.10 bits per heavy atom. The van der Waals surface area contributed by atoms with Crippen LogP contribution in [0, 0.1) is 0 Å². The first-order valence-electron chi connectivity index (χ1n) is 24.0. The quantitative estimate of drug-likeness (QED) is 0.0641. The number of carboxylic acids is 1. The van der Waals surface area contributed by atoms with Gasteiger partial charge >= 0.3 is 12.1 Å². The molecule has 11 rings (SSSR count). The number of aromatic carboxylic acids is 1. The lowest BCUT2D eigenvalue weighted by molar-refractivity contribution is 0.0522. The predicted octanol–water partition coefficient (Wildman–Crippen LogP) is 16.0. The number of ketones is 1. The van der Waals surface area contributed by atoms with Crippen LogP contribution in [0.3, 0.4) is 0 Å². The van der Waals surface area contributed by atoms with Gasteiger partial charge in [-0.3, -0.25) is 9.79 Å². The summed E-state index contributed by atoms with van der Waals surface area (Å²) in [7, 11) is 3.75. The summed E-state index contributed by atoms with van der Waals surface area (Å²) in [6.45, 7) is 9.37. The third-order valence-electron chi connectivity index (χ3n) is 10.5. The largest absolute Gasteiger partial charge is 0.477 e. The molecule has 0 aliphatic carbocycles. The summed E-state index contributed by atoms with van der Waals surface area (Å²) in [5, 5.41) is 25.4. The van der Waals surface area contributed by atoms with Gasteiger partial charge in [0.2, 0.25) is 10.6 Å². The first-order chi connectivity index (χ1) is 37.7. The third kappa shape index (κ3) is 21.6. The number of aromatic amines is 1. The van der Waals surface area contributed by atoms with Crippen molar-refractivity contribution in [1.29, 1.82) is 0 Å². The number of nitrogens with one attached hydrogen (secondary N) is 4. The van der Waals surface area contributed by atoms with Crippen LogP contribution in [0.2, 0.25) is 15.6 Å². The lowest BCUT2D eigenvalue weighted by Crippen LogP contribution is -2.27. The van der Waals surface area contributed by atoms with Crippen LogP contribution in [0.1, 0.15) is 82.1 Å². The van der Waals surface area contributed by atoms with E-state index in [9.17, 15) is 14.4 Å². The van der Waals surface area contributed by atoms with E-state index in [4.69, 9.17) is 55.1 Å². The molecule has 7 heterocycles. The lowest BCUT2D eigenvalue weighted by Gasteiger charge is -2.19. The number of nitrogens with zero attached hydrogens (tertiary/aromatic N) is 7. The van der Waals surface area contributed by atoms with Crippen molar-refractivity contribution in [2.75, 3.05) is 44.5 Å². The number of hydrogen-bond donors (Lipinski definition) is 6. The van der Waals surface area contributed by atoms with E-state index in [1.165, 1.54) is 22.2 Å². The van der Waals surface area contributed by atoms with Crippen LogP contribution >= 0.6 is 78.0 Å². The van der Waals surface area contributed by atoms with E-state index >= 15 is 0 Å². The van der Waals surface area contributed by atoms with E-state index in [0.29, 0.717) is 38.8 Å². The second-order valence-corrected chi connectivity index (χ2v) is 22.0. The molecule has 1 unspecified atom stereocenters. The minimum atomic E-state index is -0.864. The van der Waals surface area contributed by atoms with Gasteiger partial charge in [-0.2, -0.15) is 14.8 Å². The highest BCUT2D eigenvalue weighted by Crippen LogP contribution is 2.29. The zero-order chi connectivity index (χ0) is 57.2. The highest BCUT2D eigenvalue weighted by atomic mass is 79.9. The van der Waals surface area contributed by atoms with Gasteiger partial charge < -0.3 is 41.2 Å². The Bertz CT molecular complexity index is 3510. The fourth-order valence-electron chi connectivity index (χ4n) is 6.93. The summed E-state index contributed by atoms with van der Waals surface area (Å²) in [6, 6.07) is 30.6. The van der Waals surface area contributed by atoms with Gasteiger partial charge in [0.05, 0.1) is 36.8 Å². The molecule has 0 spiro atoms. The van der Waals surface area contributed by atoms with E-state index in [0.717, 1.165) is 84.0 Å². The van der Waals surface area contributed by atoms with Crippen molar-refractivity contribution in [3.63, 3.8) is 0 Å². The molecule has 4 aromatic carbocycles. The molecule has 9 aromatic rings. The van der Waals surface area contributed by atoms with Crippen molar-refractivity contribution in [1.82, 2.24) is 40.0 Å². The number of ether oxygens (including phenoxy) is 2. The van der Waals surface area contributed by atoms with Crippen LogP contribution in [-0.4, -0.2) is 109 Å². The van der Waals surface area contributed by atoms with Gasteiger partial charge in [-0.05, 0) is 154 Å². The number of carboxylic acid groups (broad SMARTS) is 1. The number of fused-ring (bicyclic) bond motifs is 3. The molecule has 0 saturated carbocycles. The van der Waals surface area contributed by atoms with E-state index in [2.05, 4.69) is 88.9 Å². The molecule has 1 fully saturated rings. The van der Waals surface area contributed by atoms with Crippen LogP contribution in [0.5, 0.6) is 0 Å². The number of aliphatic imine (C=N–C) groups is 1. The SMILES string of the molecule is C.C.C.CC(=O)c1cc2ccc(Br)cc2[nH]1.CC(C)(C)OC(=O)n1ncc2cc(Nc3ccnc(Cl)n3)ccc21.CNC.Clc1ncc(Cl)c(Nc2ccc(C3=CCN=C3)cc2)n1.NC1CCOC1.O=C(O)c1cc2ccc(Br)cc2s1. The molecular formula is C58H67Br2Cl3N12O6S. The maximum Gasteiger partial charge on any atom is 0.435 e. The average molecular weight is 1330 g/mol. The molecule has 2 aliphatic rings.